The quantitative estimate of drug-likeness (QED) is 0.189. The largest absolute Gasteiger partial charge is 0.398 e. The van der Waals surface area contributed by atoms with E-state index in [1.807, 2.05) is 0 Å². The van der Waals surface area contributed by atoms with Crippen molar-refractivity contribution < 1.29 is 47.5 Å². The normalized spacial score (nSPS) is 20.8. The van der Waals surface area contributed by atoms with Gasteiger partial charge in [-0.1, -0.05) is 0 Å². The molecule has 0 fully saturated rings. The topological polar surface area (TPSA) is 182 Å². The third kappa shape index (κ3) is 5.32. The Morgan fingerprint density at radius 2 is 1.56 bits per heavy atom. The SMILES string of the molecule is O=CC(OS(=O)(=O)O)C(O)C(O)C(O)C(O)CO. The molecule has 11 heteroatoms. The zero-order chi connectivity index (χ0) is 14.5. The summed E-state index contributed by atoms with van der Waals surface area (Å²) in [5, 5.41) is 45.3. The minimum atomic E-state index is -5.06. The van der Waals surface area contributed by atoms with Crippen molar-refractivity contribution >= 4 is 16.7 Å². The Labute approximate surface area is 102 Å². The minimum Gasteiger partial charge on any atom is -0.394 e. The molecule has 0 amide bonds. The highest BCUT2D eigenvalue weighted by molar-refractivity contribution is 7.80. The molecule has 0 radical (unpaired) electrons. The summed E-state index contributed by atoms with van der Waals surface area (Å²) in [7, 11) is -5.06. The van der Waals surface area contributed by atoms with E-state index < -0.39 is 47.5 Å². The average Bonchev–Trinajstić information content (AvgIpc) is 2.30. The number of carbonyl (C=O) groups is 1. The van der Waals surface area contributed by atoms with Gasteiger partial charge in [0.15, 0.2) is 12.4 Å². The van der Waals surface area contributed by atoms with Gasteiger partial charge in [-0.25, -0.2) is 4.18 Å². The van der Waals surface area contributed by atoms with Crippen molar-refractivity contribution in [3.63, 3.8) is 0 Å². The number of aldehydes is 1. The Morgan fingerprint density at radius 3 is 1.89 bits per heavy atom. The van der Waals surface area contributed by atoms with Crippen LogP contribution in [0.2, 0.25) is 0 Å². The summed E-state index contributed by atoms with van der Waals surface area (Å²) in [6.07, 6.45) is -10.7. The standard InChI is InChI=1S/C7H14O10S/c8-1-3(10)5(11)7(13)6(12)4(2-9)17-18(14,15)16/h2-8,10-13H,1H2,(H,14,15,16). The van der Waals surface area contributed by atoms with E-state index in [1.165, 1.54) is 0 Å². The van der Waals surface area contributed by atoms with Gasteiger partial charge in [0.05, 0.1) is 6.61 Å². The molecule has 0 heterocycles. The van der Waals surface area contributed by atoms with Crippen LogP contribution in [0, 0.1) is 0 Å². The van der Waals surface area contributed by atoms with Crippen molar-refractivity contribution in [3.8, 4) is 0 Å². The van der Waals surface area contributed by atoms with E-state index in [4.69, 9.17) is 14.8 Å². The molecule has 0 aromatic heterocycles. The predicted octanol–water partition coefficient (Wildman–Crippen LogP) is -4.19. The number of rotatable bonds is 8. The van der Waals surface area contributed by atoms with E-state index in [0.29, 0.717) is 0 Å². The van der Waals surface area contributed by atoms with Gasteiger partial charge in [0.1, 0.15) is 24.4 Å². The fourth-order valence-corrected chi connectivity index (χ4v) is 1.47. The van der Waals surface area contributed by atoms with Crippen molar-refractivity contribution in [2.75, 3.05) is 6.61 Å². The van der Waals surface area contributed by atoms with Crippen molar-refractivity contribution in [1.82, 2.24) is 0 Å². The van der Waals surface area contributed by atoms with Crippen LogP contribution in [0.3, 0.4) is 0 Å². The second-order valence-electron chi connectivity index (χ2n) is 3.35. The molecule has 0 aromatic rings. The van der Waals surface area contributed by atoms with Gasteiger partial charge in [-0.2, -0.15) is 8.42 Å². The van der Waals surface area contributed by atoms with Crippen molar-refractivity contribution in [2.45, 2.75) is 30.5 Å². The van der Waals surface area contributed by atoms with Gasteiger partial charge in [-0.15, -0.1) is 0 Å². The van der Waals surface area contributed by atoms with E-state index in [0.717, 1.165) is 0 Å². The molecule has 108 valence electrons. The first-order valence-corrected chi connectivity index (χ1v) is 5.94. The highest BCUT2D eigenvalue weighted by Crippen LogP contribution is 2.11. The van der Waals surface area contributed by atoms with E-state index in [9.17, 15) is 28.5 Å². The Bertz CT molecular complexity index is 353. The summed E-state index contributed by atoms with van der Waals surface area (Å²) in [6, 6.07) is 0. The van der Waals surface area contributed by atoms with Gasteiger partial charge < -0.3 is 30.3 Å². The van der Waals surface area contributed by atoms with Crippen LogP contribution in [0.1, 0.15) is 0 Å². The molecule has 0 aromatic carbocycles. The molecule has 0 spiro atoms. The van der Waals surface area contributed by atoms with Gasteiger partial charge in [0, 0.05) is 0 Å². The molecular formula is C7H14O10S. The molecule has 0 saturated carbocycles. The molecular weight excluding hydrogens is 276 g/mol. The van der Waals surface area contributed by atoms with Gasteiger partial charge >= 0.3 is 10.4 Å². The molecule has 0 bridgehead atoms. The summed E-state index contributed by atoms with van der Waals surface area (Å²) in [4.78, 5) is 10.4. The molecule has 0 rings (SSSR count). The number of carbonyl (C=O) groups excluding carboxylic acids is 1. The minimum absolute atomic E-state index is 0.236. The van der Waals surface area contributed by atoms with Crippen molar-refractivity contribution in [2.24, 2.45) is 0 Å². The van der Waals surface area contributed by atoms with Crippen molar-refractivity contribution in [3.05, 3.63) is 0 Å². The summed E-state index contributed by atoms with van der Waals surface area (Å²) in [6.45, 7) is -0.949. The van der Waals surface area contributed by atoms with Crippen LogP contribution in [0.4, 0.5) is 0 Å². The highest BCUT2D eigenvalue weighted by Gasteiger charge is 2.37. The average molecular weight is 290 g/mol. The zero-order valence-electron chi connectivity index (χ0n) is 8.90. The van der Waals surface area contributed by atoms with Gasteiger partial charge in [-0.3, -0.25) is 4.55 Å². The van der Waals surface area contributed by atoms with E-state index in [1.54, 1.807) is 0 Å². The summed E-state index contributed by atoms with van der Waals surface area (Å²) in [5.41, 5.74) is 0. The van der Waals surface area contributed by atoms with Crippen LogP contribution < -0.4 is 0 Å². The Balaban J connectivity index is 4.78. The fraction of sp³-hybridized carbons (Fsp3) is 0.857. The first-order chi connectivity index (χ1) is 8.14. The summed E-state index contributed by atoms with van der Waals surface area (Å²) in [5.74, 6) is 0. The lowest BCUT2D eigenvalue weighted by atomic mass is 10.0. The van der Waals surface area contributed by atoms with E-state index >= 15 is 0 Å². The number of hydrogen-bond acceptors (Lipinski definition) is 9. The lowest BCUT2D eigenvalue weighted by Gasteiger charge is -2.27. The highest BCUT2D eigenvalue weighted by atomic mass is 32.3. The molecule has 18 heavy (non-hydrogen) atoms. The van der Waals surface area contributed by atoms with E-state index in [2.05, 4.69) is 4.18 Å². The molecule has 0 saturated heterocycles. The maximum absolute atomic E-state index is 10.4. The predicted molar refractivity (Wildman–Crippen MR) is 53.6 cm³/mol. The third-order valence-electron chi connectivity index (χ3n) is 1.98. The second-order valence-corrected chi connectivity index (χ2v) is 4.39. The van der Waals surface area contributed by atoms with Crippen LogP contribution in [0.5, 0.6) is 0 Å². The van der Waals surface area contributed by atoms with Crippen LogP contribution >= 0.6 is 0 Å². The molecule has 0 aliphatic carbocycles. The number of hydrogen-bond donors (Lipinski definition) is 6. The van der Waals surface area contributed by atoms with Gasteiger partial charge in [0.25, 0.3) is 0 Å². The Kier molecular flexibility index (Phi) is 6.80. The lowest BCUT2D eigenvalue weighted by molar-refractivity contribution is -0.144. The Morgan fingerprint density at radius 1 is 1.06 bits per heavy atom. The fourth-order valence-electron chi connectivity index (χ4n) is 1.03. The maximum atomic E-state index is 10.4. The monoisotopic (exact) mass is 290 g/mol. The first-order valence-electron chi connectivity index (χ1n) is 4.58. The molecule has 6 N–H and O–H groups in total. The molecule has 5 atom stereocenters. The molecule has 5 unspecified atom stereocenters. The number of aliphatic hydroxyl groups excluding tert-OH is 5. The summed E-state index contributed by atoms with van der Waals surface area (Å²) >= 11 is 0. The van der Waals surface area contributed by atoms with Crippen LogP contribution in [0.25, 0.3) is 0 Å². The van der Waals surface area contributed by atoms with Crippen molar-refractivity contribution in [1.29, 1.82) is 0 Å². The number of aliphatic hydroxyl groups is 5. The third-order valence-corrected chi connectivity index (χ3v) is 2.45. The smallest absolute Gasteiger partial charge is 0.394 e. The van der Waals surface area contributed by atoms with Crippen LogP contribution in [-0.4, -0.2) is 81.9 Å². The first kappa shape index (κ1) is 17.3. The summed E-state index contributed by atoms with van der Waals surface area (Å²) < 4.78 is 32.7. The molecule has 0 aliphatic heterocycles. The van der Waals surface area contributed by atoms with E-state index in [-0.39, 0.29) is 6.29 Å². The van der Waals surface area contributed by atoms with Gasteiger partial charge in [0.2, 0.25) is 0 Å². The zero-order valence-corrected chi connectivity index (χ0v) is 9.71. The lowest BCUT2D eigenvalue weighted by Crippen LogP contribution is -2.51. The second kappa shape index (κ2) is 7.06. The maximum Gasteiger partial charge on any atom is 0.398 e. The Hall–Kier alpha value is -0.660. The van der Waals surface area contributed by atoms with Crippen LogP contribution in [0.15, 0.2) is 0 Å². The molecule has 10 nitrogen and oxygen atoms in total. The molecule has 0 aliphatic rings. The van der Waals surface area contributed by atoms with Gasteiger partial charge in [-0.05, 0) is 0 Å². The van der Waals surface area contributed by atoms with Crippen LogP contribution in [-0.2, 0) is 19.4 Å².